The van der Waals surface area contributed by atoms with Crippen LogP contribution in [0, 0.1) is 0 Å². The van der Waals surface area contributed by atoms with Crippen LogP contribution in [0.15, 0.2) is 243 Å². The van der Waals surface area contributed by atoms with Crippen LogP contribution in [0.3, 0.4) is 0 Å². The number of rotatable bonds is 6. The average molecular weight is 837 g/mol. The Kier molecular flexibility index (Phi) is 11.9. The second-order valence-corrected chi connectivity index (χ2v) is 16.7. The Bertz CT molecular complexity index is 3440. The summed E-state index contributed by atoms with van der Waals surface area (Å²) in [5.41, 5.74) is 16.8. The van der Waals surface area contributed by atoms with Gasteiger partial charge in [-0.15, -0.1) is 0 Å². The van der Waals surface area contributed by atoms with E-state index >= 15 is 0 Å². The number of para-hydroxylation sites is 3. The summed E-state index contributed by atoms with van der Waals surface area (Å²) >= 11 is 0. The predicted octanol–water partition coefficient (Wildman–Crippen LogP) is 17.9. The molecule has 2 heteroatoms. The van der Waals surface area contributed by atoms with Gasteiger partial charge in [-0.1, -0.05) is 202 Å². The van der Waals surface area contributed by atoms with Gasteiger partial charge in [0.2, 0.25) is 0 Å². The van der Waals surface area contributed by atoms with Crippen LogP contribution in [-0.2, 0) is 0 Å². The number of nitrogens with zero attached hydrogens (tertiary/aromatic N) is 2. The highest BCUT2D eigenvalue weighted by Gasteiger charge is 2.18. The summed E-state index contributed by atoms with van der Waals surface area (Å²) < 4.78 is 4.84. The lowest BCUT2D eigenvalue weighted by atomic mass is 9.98. The molecule has 0 aliphatic heterocycles. The fourth-order valence-corrected chi connectivity index (χ4v) is 9.23. The van der Waals surface area contributed by atoms with E-state index in [9.17, 15) is 0 Å². The maximum Gasteiger partial charge on any atom is 0.0541 e. The van der Waals surface area contributed by atoms with Crippen molar-refractivity contribution in [3.63, 3.8) is 0 Å². The quantitative estimate of drug-likeness (QED) is 0.158. The van der Waals surface area contributed by atoms with Crippen LogP contribution in [0.25, 0.3) is 99.5 Å². The SMILES string of the molecule is C1=CCCC=C1.CCC.c1ccc(-c2ccc(-n3c4ccccc4c4cc(-c5ccc6c(c5)c5ccccc5n6-c5ccccc5-c5cccc(-c6ccccc6)c5)ccc43)cc2)cc1. The molecule has 0 radical (unpaired) electrons. The highest BCUT2D eigenvalue weighted by atomic mass is 15.0. The molecule has 314 valence electrons. The van der Waals surface area contributed by atoms with Crippen molar-refractivity contribution in [2.24, 2.45) is 0 Å². The molecule has 0 fully saturated rings. The van der Waals surface area contributed by atoms with Crippen molar-refractivity contribution in [3.05, 3.63) is 243 Å². The summed E-state index contributed by atoms with van der Waals surface area (Å²) in [6.07, 6.45) is 12.2. The van der Waals surface area contributed by atoms with E-state index in [0.717, 1.165) is 5.69 Å². The van der Waals surface area contributed by atoms with E-state index in [1.54, 1.807) is 0 Å². The van der Waals surface area contributed by atoms with Gasteiger partial charge in [-0.05, 0) is 112 Å². The molecule has 12 rings (SSSR count). The summed E-state index contributed by atoms with van der Waals surface area (Å²) in [5.74, 6) is 0. The lowest BCUT2D eigenvalue weighted by Crippen LogP contribution is -1.97. The molecule has 2 heterocycles. The highest BCUT2D eigenvalue weighted by Crippen LogP contribution is 2.40. The number of fused-ring (bicyclic) bond motifs is 6. The Balaban J connectivity index is 0.000000502. The van der Waals surface area contributed by atoms with E-state index < -0.39 is 0 Å². The first kappa shape index (κ1) is 41.1. The van der Waals surface area contributed by atoms with E-state index in [-0.39, 0.29) is 0 Å². The van der Waals surface area contributed by atoms with Crippen molar-refractivity contribution in [2.45, 2.75) is 33.1 Å². The van der Waals surface area contributed by atoms with Gasteiger partial charge in [0, 0.05) is 32.8 Å². The van der Waals surface area contributed by atoms with Crippen LogP contribution in [0.2, 0.25) is 0 Å². The zero-order valence-electron chi connectivity index (χ0n) is 37.1. The van der Waals surface area contributed by atoms with E-state index in [1.807, 2.05) is 0 Å². The van der Waals surface area contributed by atoms with Crippen molar-refractivity contribution < 1.29 is 0 Å². The molecule has 2 aromatic heterocycles. The third-order valence-corrected chi connectivity index (χ3v) is 12.2. The summed E-state index contributed by atoms with van der Waals surface area (Å²) in [4.78, 5) is 0. The van der Waals surface area contributed by atoms with Crippen molar-refractivity contribution in [2.75, 3.05) is 0 Å². The lowest BCUT2D eigenvalue weighted by Gasteiger charge is -2.15. The van der Waals surface area contributed by atoms with Crippen molar-refractivity contribution in [1.82, 2.24) is 9.13 Å². The van der Waals surface area contributed by atoms with Gasteiger partial charge in [-0.2, -0.15) is 0 Å². The van der Waals surface area contributed by atoms with E-state index in [2.05, 4.69) is 266 Å². The van der Waals surface area contributed by atoms with Gasteiger partial charge in [0.1, 0.15) is 0 Å². The lowest BCUT2D eigenvalue weighted by molar-refractivity contribution is 1.04. The normalized spacial score (nSPS) is 12.0. The Morgan fingerprint density at radius 2 is 0.738 bits per heavy atom. The van der Waals surface area contributed by atoms with E-state index in [4.69, 9.17) is 0 Å². The zero-order chi connectivity index (χ0) is 44.0. The molecule has 9 aromatic carbocycles. The largest absolute Gasteiger partial charge is 0.309 e. The summed E-state index contributed by atoms with van der Waals surface area (Å²) in [6, 6.07) is 79.4. The number of allylic oxidation sites excluding steroid dienone is 4. The van der Waals surface area contributed by atoms with E-state index in [1.165, 1.54) is 113 Å². The molecule has 0 saturated heterocycles. The Morgan fingerprint density at radius 3 is 1.32 bits per heavy atom. The molecule has 0 bridgehead atoms. The first-order chi connectivity index (χ1) is 32.2. The fourth-order valence-electron chi connectivity index (χ4n) is 9.23. The van der Waals surface area contributed by atoms with Gasteiger partial charge < -0.3 is 9.13 Å². The second kappa shape index (κ2) is 18.8. The average Bonchev–Trinajstić information content (AvgIpc) is 3.90. The molecular weight excluding hydrogens is 785 g/mol. The standard InChI is InChI=1S/C54H36N2.C6H8.C3H8/c1-3-14-37(15-4-1)39-26-30-44(31-27-39)55-51-24-11-8-21-46(51)48-35-41(28-32-53(48)55)42-29-33-54-49(36-42)47-22-9-12-25-52(47)56(54)50-23-10-7-20-45(50)43-19-13-18-40(34-43)38-16-5-2-6-17-38;1-2-4-6-5-3-1;1-3-2/h1-36H;1-4H,5-6H2;3H2,1-2H3. The third-order valence-electron chi connectivity index (χ3n) is 12.2. The summed E-state index contributed by atoms with van der Waals surface area (Å²) in [7, 11) is 0. The van der Waals surface area contributed by atoms with Crippen molar-refractivity contribution in [1.29, 1.82) is 0 Å². The van der Waals surface area contributed by atoms with Crippen LogP contribution >= 0.6 is 0 Å². The number of hydrogen-bond acceptors (Lipinski definition) is 0. The first-order valence-electron chi connectivity index (χ1n) is 23.0. The van der Waals surface area contributed by atoms with Gasteiger partial charge >= 0.3 is 0 Å². The fraction of sp³-hybridized carbons (Fsp3) is 0.0794. The van der Waals surface area contributed by atoms with Crippen LogP contribution < -0.4 is 0 Å². The predicted molar refractivity (Wildman–Crippen MR) is 280 cm³/mol. The maximum atomic E-state index is 2.44. The first-order valence-corrected chi connectivity index (χ1v) is 23.0. The van der Waals surface area contributed by atoms with Crippen molar-refractivity contribution >= 4 is 43.6 Å². The second-order valence-electron chi connectivity index (χ2n) is 16.7. The minimum Gasteiger partial charge on any atom is -0.309 e. The van der Waals surface area contributed by atoms with E-state index in [0.29, 0.717) is 0 Å². The maximum absolute atomic E-state index is 2.44. The molecule has 11 aromatic rings. The molecule has 2 nitrogen and oxygen atoms in total. The molecule has 0 saturated carbocycles. The van der Waals surface area contributed by atoms with Gasteiger partial charge in [-0.25, -0.2) is 0 Å². The molecule has 65 heavy (non-hydrogen) atoms. The molecule has 1 aliphatic carbocycles. The third kappa shape index (κ3) is 8.23. The Hall–Kier alpha value is -7.94. The zero-order valence-corrected chi connectivity index (χ0v) is 37.1. The highest BCUT2D eigenvalue weighted by molar-refractivity contribution is 6.13. The van der Waals surface area contributed by atoms with Crippen LogP contribution in [0.5, 0.6) is 0 Å². The summed E-state index contributed by atoms with van der Waals surface area (Å²) in [6.45, 7) is 4.25. The van der Waals surface area contributed by atoms with Crippen LogP contribution in [0.4, 0.5) is 0 Å². The summed E-state index contributed by atoms with van der Waals surface area (Å²) in [5, 5.41) is 4.99. The molecule has 0 N–H and O–H groups in total. The smallest absolute Gasteiger partial charge is 0.0541 e. The van der Waals surface area contributed by atoms with Crippen LogP contribution in [-0.4, -0.2) is 9.13 Å². The topological polar surface area (TPSA) is 9.86 Å². The van der Waals surface area contributed by atoms with Crippen LogP contribution in [0.1, 0.15) is 33.1 Å². The monoisotopic (exact) mass is 836 g/mol. The molecular formula is C63H52N2. The van der Waals surface area contributed by atoms with Gasteiger partial charge in [-0.3, -0.25) is 0 Å². The molecule has 1 aliphatic rings. The molecule has 0 unspecified atom stereocenters. The number of benzene rings is 9. The minimum absolute atomic E-state index is 1.16. The van der Waals surface area contributed by atoms with Crippen molar-refractivity contribution in [3.8, 4) is 55.9 Å². The number of aromatic nitrogens is 2. The van der Waals surface area contributed by atoms with Gasteiger partial charge in [0.15, 0.2) is 0 Å². The number of hydrogen-bond donors (Lipinski definition) is 0. The molecule has 0 spiro atoms. The van der Waals surface area contributed by atoms with Gasteiger partial charge in [0.25, 0.3) is 0 Å². The Labute approximate surface area is 382 Å². The molecule has 0 atom stereocenters. The molecule has 0 amide bonds. The Morgan fingerprint density at radius 1 is 0.323 bits per heavy atom. The minimum atomic E-state index is 1.16. The van der Waals surface area contributed by atoms with Gasteiger partial charge in [0.05, 0.1) is 27.8 Å².